The lowest BCUT2D eigenvalue weighted by molar-refractivity contribution is -0.125. The highest BCUT2D eigenvalue weighted by Gasteiger charge is 2.18. The predicted octanol–water partition coefficient (Wildman–Crippen LogP) is 3.80. The van der Waals surface area contributed by atoms with Crippen molar-refractivity contribution < 1.29 is 14.0 Å². The first kappa shape index (κ1) is 20.1. The fraction of sp³-hybridized carbons (Fsp3) is 0.200. The molecule has 1 aromatic heterocycles. The summed E-state index contributed by atoms with van der Waals surface area (Å²) in [5.41, 5.74) is 1.73. The zero-order valence-corrected chi connectivity index (χ0v) is 16.7. The van der Waals surface area contributed by atoms with Crippen LogP contribution in [0.2, 0.25) is 5.02 Å². The molecule has 0 aliphatic heterocycles. The van der Waals surface area contributed by atoms with E-state index in [1.165, 1.54) is 6.92 Å². The van der Waals surface area contributed by atoms with Gasteiger partial charge in [0.2, 0.25) is 11.8 Å². The number of carbonyl (C=O) groups excluding carboxylic acids is 2. The molecular weight excluding hydrogens is 398 g/mol. The molecule has 8 heteroatoms. The van der Waals surface area contributed by atoms with Crippen LogP contribution < -0.4 is 5.32 Å². The summed E-state index contributed by atoms with van der Waals surface area (Å²) in [5, 5.41) is 11.6. The molecule has 6 nitrogen and oxygen atoms in total. The SMILES string of the molecule is CC(=O)[C@H](Cc1ccccc1)NC(=O)CSc1nnc(-c2ccc(Cl)cc2)o1. The zero-order valence-electron chi connectivity index (χ0n) is 15.1. The highest BCUT2D eigenvalue weighted by atomic mass is 35.5. The highest BCUT2D eigenvalue weighted by Crippen LogP contribution is 2.24. The van der Waals surface area contributed by atoms with Gasteiger partial charge in [-0.1, -0.05) is 53.7 Å². The molecular formula is C20H18ClN3O3S. The number of thioether (sulfide) groups is 1. The second-order valence-corrected chi connectivity index (χ2v) is 7.45. The minimum atomic E-state index is -0.567. The third-order valence-corrected chi connectivity index (χ3v) is 5.00. The number of benzene rings is 2. The van der Waals surface area contributed by atoms with E-state index in [1.54, 1.807) is 24.3 Å². The van der Waals surface area contributed by atoms with Crippen molar-refractivity contribution in [2.75, 3.05) is 5.75 Å². The average Bonchev–Trinajstić information content (AvgIpc) is 3.16. The van der Waals surface area contributed by atoms with E-state index in [4.69, 9.17) is 16.0 Å². The van der Waals surface area contributed by atoms with Gasteiger partial charge < -0.3 is 9.73 Å². The number of nitrogens with one attached hydrogen (secondary N) is 1. The summed E-state index contributed by atoms with van der Waals surface area (Å²) in [7, 11) is 0. The summed E-state index contributed by atoms with van der Waals surface area (Å²) in [4.78, 5) is 24.1. The largest absolute Gasteiger partial charge is 0.411 e. The Balaban J connectivity index is 1.54. The number of ketones is 1. The molecule has 0 fully saturated rings. The van der Waals surface area contributed by atoms with Gasteiger partial charge in [0.05, 0.1) is 11.8 Å². The van der Waals surface area contributed by atoms with Gasteiger partial charge in [-0.3, -0.25) is 9.59 Å². The summed E-state index contributed by atoms with van der Waals surface area (Å²) >= 11 is 6.98. The second-order valence-electron chi connectivity index (χ2n) is 6.09. The Morgan fingerprint density at radius 2 is 1.82 bits per heavy atom. The topological polar surface area (TPSA) is 85.1 Å². The van der Waals surface area contributed by atoms with Crippen molar-refractivity contribution in [2.45, 2.75) is 24.6 Å². The molecule has 0 aliphatic carbocycles. The summed E-state index contributed by atoms with van der Waals surface area (Å²) in [6, 6.07) is 16.0. The Labute approximate surface area is 171 Å². The van der Waals surface area contributed by atoms with Gasteiger partial charge in [-0.15, -0.1) is 10.2 Å². The van der Waals surface area contributed by atoms with Gasteiger partial charge >= 0.3 is 0 Å². The third-order valence-electron chi connectivity index (χ3n) is 3.93. The molecule has 1 amide bonds. The average molecular weight is 416 g/mol. The lowest BCUT2D eigenvalue weighted by Crippen LogP contribution is -2.42. The summed E-state index contributed by atoms with van der Waals surface area (Å²) in [6.07, 6.45) is 0.452. The number of hydrogen-bond donors (Lipinski definition) is 1. The van der Waals surface area contributed by atoms with E-state index in [1.807, 2.05) is 30.3 Å². The van der Waals surface area contributed by atoms with Crippen molar-refractivity contribution >= 4 is 35.1 Å². The molecule has 28 heavy (non-hydrogen) atoms. The molecule has 0 unspecified atom stereocenters. The number of nitrogens with zero attached hydrogens (tertiary/aromatic N) is 2. The van der Waals surface area contributed by atoms with E-state index in [0.717, 1.165) is 22.9 Å². The maximum absolute atomic E-state index is 12.2. The molecule has 144 valence electrons. The molecule has 2 aromatic carbocycles. The van der Waals surface area contributed by atoms with Gasteiger partial charge in [0.1, 0.15) is 0 Å². The molecule has 1 N–H and O–H groups in total. The Morgan fingerprint density at radius 3 is 2.50 bits per heavy atom. The first-order valence-electron chi connectivity index (χ1n) is 8.57. The quantitative estimate of drug-likeness (QED) is 0.563. The number of halogens is 1. The predicted molar refractivity (Wildman–Crippen MR) is 108 cm³/mol. The molecule has 0 saturated carbocycles. The molecule has 0 bridgehead atoms. The second kappa shape index (κ2) is 9.52. The minimum absolute atomic E-state index is 0.0703. The normalized spacial score (nSPS) is 11.8. The van der Waals surface area contributed by atoms with E-state index < -0.39 is 6.04 Å². The Hall–Kier alpha value is -2.64. The van der Waals surface area contributed by atoms with Gasteiger partial charge in [-0.05, 0) is 43.2 Å². The Kier molecular flexibility index (Phi) is 6.84. The fourth-order valence-corrected chi connectivity index (χ4v) is 3.19. The first-order chi connectivity index (χ1) is 13.5. The van der Waals surface area contributed by atoms with Crippen LogP contribution in [0.15, 0.2) is 64.2 Å². The van der Waals surface area contributed by atoms with Crippen molar-refractivity contribution in [2.24, 2.45) is 0 Å². The number of Topliss-reactive ketones (excluding diaryl/α,β-unsaturated/α-hetero) is 1. The van der Waals surface area contributed by atoms with Crippen LogP contribution in [-0.2, 0) is 16.0 Å². The van der Waals surface area contributed by atoms with Crippen LogP contribution in [0.3, 0.4) is 0 Å². The molecule has 1 heterocycles. The summed E-state index contributed by atoms with van der Waals surface area (Å²) in [5.74, 6) is 0.0588. The van der Waals surface area contributed by atoms with Gasteiger partial charge in [0.25, 0.3) is 5.22 Å². The number of carbonyl (C=O) groups is 2. The molecule has 0 aliphatic rings. The molecule has 3 aromatic rings. The van der Waals surface area contributed by atoms with E-state index in [-0.39, 0.29) is 22.7 Å². The highest BCUT2D eigenvalue weighted by molar-refractivity contribution is 7.99. The summed E-state index contributed by atoms with van der Waals surface area (Å²) < 4.78 is 5.56. The van der Waals surface area contributed by atoms with Crippen molar-refractivity contribution in [3.05, 3.63) is 65.2 Å². The Bertz CT molecular complexity index is 945. The first-order valence-corrected chi connectivity index (χ1v) is 9.93. The lowest BCUT2D eigenvalue weighted by atomic mass is 10.0. The van der Waals surface area contributed by atoms with Crippen LogP contribution in [0.1, 0.15) is 12.5 Å². The van der Waals surface area contributed by atoms with Gasteiger partial charge in [-0.25, -0.2) is 0 Å². The van der Waals surface area contributed by atoms with E-state index in [9.17, 15) is 9.59 Å². The standard InChI is InChI=1S/C20H18ClN3O3S/c1-13(25)17(11-14-5-3-2-4-6-14)22-18(26)12-28-20-24-23-19(27-20)15-7-9-16(21)10-8-15/h2-10,17H,11-12H2,1H3,(H,22,26)/t17-/m0/s1. The fourth-order valence-electron chi connectivity index (χ4n) is 2.49. The maximum atomic E-state index is 12.2. The van der Waals surface area contributed by atoms with E-state index in [2.05, 4.69) is 15.5 Å². The van der Waals surface area contributed by atoms with Crippen LogP contribution in [0, 0.1) is 0 Å². The molecule has 0 saturated heterocycles. The number of rotatable bonds is 8. The van der Waals surface area contributed by atoms with E-state index >= 15 is 0 Å². The van der Waals surface area contributed by atoms with Crippen LogP contribution in [0.25, 0.3) is 11.5 Å². The van der Waals surface area contributed by atoms with Crippen molar-refractivity contribution in [3.8, 4) is 11.5 Å². The van der Waals surface area contributed by atoms with Crippen molar-refractivity contribution in [3.63, 3.8) is 0 Å². The van der Waals surface area contributed by atoms with Crippen LogP contribution >= 0.6 is 23.4 Å². The summed E-state index contributed by atoms with van der Waals surface area (Å²) in [6.45, 7) is 1.47. The number of aromatic nitrogens is 2. The monoisotopic (exact) mass is 415 g/mol. The maximum Gasteiger partial charge on any atom is 0.277 e. The van der Waals surface area contributed by atoms with Crippen molar-refractivity contribution in [1.29, 1.82) is 0 Å². The molecule has 1 atom stereocenters. The Morgan fingerprint density at radius 1 is 1.11 bits per heavy atom. The van der Waals surface area contributed by atoms with Crippen LogP contribution in [-0.4, -0.2) is 33.7 Å². The number of hydrogen-bond acceptors (Lipinski definition) is 6. The van der Waals surface area contributed by atoms with Crippen molar-refractivity contribution in [1.82, 2.24) is 15.5 Å². The van der Waals surface area contributed by atoms with Crippen LogP contribution in [0.4, 0.5) is 0 Å². The molecule has 3 rings (SSSR count). The van der Waals surface area contributed by atoms with E-state index in [0.29, 0.717) is 17.3 Å². The van der Waals surface area contributed by atoms with Gasteiger partial charge in [0.15, 0.2) is 5.78 Å². The third kappa shape index (κ3) is 5.68. The minimum Gasteiger partial charge on any atom is -0.411 e. The van der Waals surface area contributed by atoms with Gasteiger partial charge in [-0.2, -0.15) is 0 Å². The van der Waals surface area contributed by atoms with Crippen LogP contribution in [0.5, 0.6) is 0 Å². The molecule has 0 spiro atoms. The number of amides is 1. The zero-order chi connectivity index (χ0) is 19.9. The molecule has 0 radical (unpaired) electrons. The van der Waals surface area contributed by atoms with Gasteiger partial charge in [0, 0.05) is 10.6 Å². The lowest BCUT2D eigenvalue weighted by Gasteiger charge is -2.15. The smallest absolute Gasteiger partial charge is 0.277 e.